The highest BCUT2D eigenvalue weighted by molar-refractivity contribution is 6.92. The molecule has 1 nitrogen and oxygen atoms in total. The maximum absolute atomic E-state index is 4.76. The van der Waals surface area contributed by atoms with Gasteiger partial charge >= 0.3 is 0 Å². The van der Waals surface area contributed by atoms with E-state index < -0.39 is 0 Å². The van der Waals surface area contributed by atoms with Crippen molar-refractivity contribution in [1.29, 1.82) is 0 Å². The lowest BCUT2D eigenvalue weighted by Crippen LogP contribution is -0.926. The molecule has 0 aliphatic heterocycles. The maximum atomic E-state index is 4.76. The van der Waals surface area contributed by atoms with Gasteiger partial charge in [0.15, 0.2) is 0 Å². The molecule has 0 saturated heterocycles. The fourth-order valence-corrected chi connectivity index (χ4v) is 0. The monoisotopic (exact) mass is 114 g/mol. The summed E-state index contributed by atoms with van der Waals surface area (Å²) in [5.74, 6) is 0. The van der Waals surface area contributed by atoms with Crippen LogP contribution in [0, 0.1) is 0 Å². The Hall–Kier alpha value is 0.420. The molecule has 0 bridgehead atoms. The fourth-order valence-electron chi connectivity index (χ4n) is 0. The first kappa shape index (κ1) is 18.1. The normalized spacial score (nSPS) is 2.60. The van der Waals surface area contributed by atoms with Crippen molar-refractivity contribution in [3.63, 3.8) is 0 Å². The average Bonchev–Trinajstić information content (AvgIpc) is 0.918. The van der Waals surface area contributed by atoms with E-state index in [0.29, 0.717) is 0 Å². The van der Waals surface area contributed by atoms with Gasteiger partial charge < -0.3 is 5.48 Å². The summed E-state index contributed by atoms with van der Waals surface area (Å²) in [6.07, 6.45) is 0. The second-order valence-electron chi connectivity index (χ2n) is 0.154. The Morgan fingerprint density at radius 2 is 1.60 bits per heavy atom. The van der Waals surface area contributed by atoms with Gasteiger partial charge in [-0.05, 0) is 5.54 Å². The van der Waals surface area contributed by atoms with Gasteiger partial charge in [0.2, 0.25) is 0 Å². The lowest BCUT2D eigenvalue weighted by atomic mass is 11.3. The third-order valence-electron chi connectivity index (χ3n) is 0. The standard InChI is InChI=1S/C2H3Cl.H2O.H3P/c1-2-3;;/h2H,1H2;1H2;1H3. The minimum Gasteiger partial charge on any atom is -0.412 e. The zero-order valence-electron chi connectivity index (χ0n) is 2.87. The van der Waals surface area contributed by atoms with Crippen LogP contribution in [0.3, 0.4) is 0 Å². The third kappa shape index (κ3) is 147. The summed E-state index contributed by atoms with van der Waals surface area (Å²) < 4.78 is 0. The average molecular weight is 115 g/mol. The van der Waals surface area contributed by atoms with Gasteiger partial charge in [0.25, 0.3) is 0 Å². The molecule has 0 radical (unpaired) electrons. The smallest absolute Gasteiger partial charge is 0.00296 e. The minimum atomic E-state index is 0. The minimum absolute atomic E-state index is 0. The van der Waals surface area contributed by atoms with E-state index >= 15 is 0 Å². The Kier molecular flexibility index (Phi) is 92.7. The molecule has 0 aliphatic carbocycles. The van der Waals surface area contributed by atoms with Crippen LogP contribution in [0.15, 0.2) is 12.1 Å². The molecule has 0 heterocycles. The van der Waals surface area contributed by atoms with Crippen molar-refractivity contribution < 1.29 is 5.48 Å². The first-order valence-electron chi connectivity index (χ1n) is 0.626. The van der Waals surface area contributed by atoms with Crippen molar-refractivity contribution in [3.05, 3.63) is 12.1 Å². The topological polar surface area (TPSA) is 31.5 Å². The molecule has 0 amide bonds. The molecule has 0 aromatic carbocycles. The van der Waals surface area contributed by atoms with Gasteiger partial charge in [0, 0.05) is 0 Å². The van der Waals surface area contributed by atoms with E-state index in [2.05, 4.69) is 6.58 Å². The van der Waals surface area contributed by atoms with Crippen molar-refractivity contribution in [2.24, 2.45) is 0 Å². The summed E-state index contributed by atoms with van der Waals surface area (Å²) >= 11 is 4.76. The van der Waals surface area contributed by atoms with Gasteiger partial charge in [-0.2, -0.15) is 9.90 Å². The van der Waals surface area contributed by atoms with Crippen LogP contribution >= 0.6 is 21.5 Å². The van der Waals surface area contributed by atoms with Crippen LogP contribution in [0.25, 0.3) is 0 Å². The zero-order chi connectivity index (χ0) is 2.71. The van der Waals surface area contributed by atoms with Crippen molar-refractivity contribution >= 4 is 21.5 Å². The first-order chi connectivity index (χ1) is 1.41. The molecule has 0 rings (SSSR count). The van der Waals surface area contributed by atoms with Crippen LogP contribution in [0.4, 0.5) is 0 Å². The van der Waals surface area contributed by atoms with Gasteiger partial charge in [-0.3, -0.25) is 0 Å². The van der Waals surface area contributed by atoms with Crippen LogP contribution < -0.4 is 0 Å². The van der Waals surface area contributed by atoms with Gasteiger partial charge in [-0.15, -0.1) is 0 Å². The van der Waals surface area contributed by atoms with Crippen molar-refractivity contribution in [3.8, 4) is 0 Å². The van der Waals surface area contributed by atoms with E-state index in [0.717, 1.165) is 0 Å². The molecule has 2 N–H and O–H groups in total. The molecular formula is C2H8ClOP. The number of hydrogen-bond donors (Lipinski definition) is 0. The van der Waals surface area contributed by atoms with E-state index in [4.69, 9.17) is 11.6 Å². The molecule has 0 spiro atoms. The van der Waals surface area contributed by atoms with Crippen molar-refractivity contribution in [2.75, 3.05) is 0 Å². The summed E-state index contributed by atoms with van der Waals surface area (Å²) in [7, 11) is 0. The molecule has 0 aromatic rings. The highest BCUT2D eigenvalue weighted by Gasteiger charge is 1.18. The number of halogens is 1. The van der Waals surface area contributed by atoms with Gasteiger partial charge in [0.05, 0.1) is 0 Å². The third-order valence-corrected chi connectivity index (χ3v) is 0. The highest BCUT2D eigenvalue weighted by atomic mass is 35.5. The summed E-state index contributed by atoms with van der Waals surface area (Å²) in [6.45, 7) is 3.13. The number of rotatable bonds is 0. The predicted molar refractivity (Wildman–Crippen MR) is 30.8 cm³/mol. The molecule has 0 saturated carbocycles. The molecule has 0 aromatic heterocycles. The van der Waals surface area contributed by atoms with Crippen LogP contribution in [-0.4, -0.2) is 5.48 Å². The van der Waals surface area contributed by atoms with E-state index in [1.54, 1.807) is 0 Å². The summed E-state index contributed by atoms with van der Waals surface area (Å²) in [4.78, 5) is 0. The molecule has 34 valence electrons. The lowest BCUT2D eigenvalue weighted by molar-refractivity contribution is 0.824. The second kappa shape index (κ2) is 25.6. The molecule has 5 heavy (non-hydrogen) atoms. The van der Waals surface area contributed by atoms with Gasteiger partial charge in [-0.1, -0.05) is 18.2 Å². The summed E-state index contributed by atoms with van der Waals surface area (Å²) in [5.41, 5.74) is 1.22. The Morgan fingerprint density at radius 1 is 1.60 bits per heavy atom. The lowest BCUT2D eigenvalue weighted by Gasteiger charge is -1.27. The molecule has 1 unspecified atom stereocenters. The molecule has 3 heteroatoms. The van der Waals surface area contributed by atoms with E-state index in [1.807, 2.05) is 0 Å². The predicted octanol–water partition coefficient (Wildman–Crippen LogP) is 0.602. The van der Waals surface area contributed by atoms with E-state index in [9.17, 15) is 0 Å². The Balaban J connectivity index is -0.0000000200. The largest absolute Gasteiger partial charge is 0.412 e. The van der Waals surface area contributed by atoms with Gasteiger partial charge in [-0.25, -0.2) is 0 Å². The Morgan fingerprint density at radius 3 is 1.60 bits per heavy atom. The van der Waals surface area contributed by atoms with Gasteiger partial charge in [0.1, 0.15) is 0 Å². The number of hydrogen-bond acceptors (Lipinski definition) is 0. The van der Waals surface area contributed by atoms with E-state index in [1.165, 1.54) is 5.54 Å². The second-order valence-corrected chi connectivity index (χ2v) is 0.463. The van der Waals surface area contributed by atoms with Crippen LogP contribution in [-0.2, 0) is 0 Å². The van der Waals surface area contributed by atoms with Crippen LogP contribution in [0.2, 0.25) is 0 Å². The first-order valence-corrected chi connectivity index (χ1v) is 1.06. The van der Waals surface area contributed by atoms with Crippen LogP contribution in [0.5, 0.6) is 0 Å². The molecule has 0 aliphatic rings. The van der Waals surface area contributed by atoms with Crippen molar-refractivity contribution in [1.82, 2.24) is 0 Å². The zero-order valence-corrected chi connectivity index (χ0v) is 5.04. The summed E-state index contributed by atoms with van der Waals surface area (Å²) in [5, 5.41) is 0. The fraction of sp³-hybridized carbons (Fsp3) is 0. The summed E-state index contributed by atoms with van der Waals surface area (Å²) in [6, 6.07) is 0. The van der Waals surface area contributed by atoms with Crippen molar-refractivity contribution in [2.45, 2.75) is 0 Å². The van der Waals surface area contributed by atoms with Crippen LogP contribution in [0.1, 0.15) is 0 Å². The Labute approximate surface area is 39.9 Å². The molecule has 0 fully saturated rings. The molecule has 1 atom stereocenters. The Bertz CT molecular complexity index is 17.1. The quantitative estimate of drug-likeness (QED) is 0.413. The molecular weight excluding hydrogens is 106 g/mol. The SMILES string of the molecule is C=CCl.O.P. The highest BCUT2D eigenvalue weighted by Crippen LogP contribution is 1.60. The van der Waals surface area contributed by atoms with E-state index in [-0.39, 0.29) is 15.4 Å². The maximum Gasteiger partial charge on any atom is -0.00296 e.